The fourth-order valence-corrected chi connectivity index (χ4v) is 6.81. The minimum absolute atomic E-state index is 0.0300. The van der Waals surface area contributed by atoms with Crippen LogP contribution in [-0.2, 0) is 24.3 Å². The molecule has 3 N–H and O–H groups in total. The van der Waals surface area contributed by atoms with Gasteiger partial charge in [0.2, 0.25) is 10.0 Å². The van der Waals surface area contributed by atoms with Crippen molar-refractivity contribution in [2.45, 2.75) is 29.4 Å². The van der Waals surface area contributed by atoms with Crippen molar-refractivity contribution in [1.82, 2.24) is 19.2 Å². The summed E-state index contributed by atoms with van der Waals surface area (Å²) in [6.07, 6.45) is -7.40. The number of carbonyl (C=O) groups excluding carboxylic acids is 1. The van der Waals surface area contributed by atoms with Crippen molar-refractivity contribution < 1.29 is 45.4 Å². The minimum atomic E-state index is -5.49. The van der Waals surface area contributed by atoms with Gasteiger partial charge in [0, 0.05) is 30.8 Å². The fraction of sp³-hybridized carbons (Fsp3) is 0.346. The Morgan fingerprint density at radius 2 is 1.71 bits per heavy atom. The molecule has 16 heteroatoms. The van der Waals surface area contributed by atoms with Crippen LogP contribution in [-0.4, -0.2) is 96.1 Å². The molecule has 2 aliphatic rings. The molecule has 0 bridgehead atoms. The molecule has 3 aromatic rings. The van der Waals surface area contributed by atoms with Gasteiger partial charge in [0.1, 0.15) is 16.8 Å². The average Bonchev–Trinajstić information content (AvgIpc) is 3.30. The number of anilines is 1. The maximum absolute atomic E-state index is 16.4. The summed E-state index contributed by atoms with van der Waals surface area (Å²) in [4.78, 5) is 20.4. The van der Waals surface area contributed by atoms with E-state index in [1.807, 2.05) is 0 Å². The van der Waals surface area contributed by atoms with Crippen molar-refractivity contribution in [1.29, 1.82) is 0 Å². The number of carbonyl (C=O) groups is 1. The number of rotatable bonds is 6. The Hall–Kier alpha value is -3.70. The van der Waals surface area contributed by atoms with Crippen molar-refractivity contribution in [2.24, 2.45) is 0 Å². The molecule has 0 aliphatic carbocycles. The van der Waals surface area contributed by atoms with Crippen LogP contribution in [0.2, 0.25) is 0 Å². The second kappa shape index (κ2) is 11.5. The number of benzene rings is 2. The molecular weight excluding hydrogens is 586 g/mol. The highest BCUT2D eigenvalue weighted by Gasteiger charge is 2.54. The second-order valence-corrected chi connectivity index (χ2v) is 11.4. The lowest BCUT2D eigenvalue weighted by molar-refractivity contribution is -0.213. The first-order valence-corrected chi connectivity index (χ1v) is 14.1. The van der Waals surface area contributed by atoms with Gasteiger partial charge in [-0.05, 0) is 11.6 Å². The standard InChI is InChI=1S/C26H25F4N5O6S/c27-21-17(18-12-33-20(31)13-32-18)7-6-16(15-4-2-1-3-5-15)23(21)42(38,39)35-14-19(34-8-10-40-11-9-34)22(36)24(35)41-25(37)26(28,29)30/h1-7,12-13,19,22,24,36H,8-11,14H2,(H2,31,33). The van der Waals surface area contributed by atoms with Gasteiger partial charge >= 0.3 is 12.1 Å². The fourth-order valence-electron chi connectivity index (χ4n) is 4.98. The van der Waals surface area contributed by atoms with Gasteiger partial charge < -0.3 is 20.3 Å². The highest BCUT2D eigenvalue weighted by molar-refractivity contribution is 7.89. The molecule has 2 aromatic carbocycles. The summed E-state index contributed by atoms with van der Waals surface area (Å²) >= 11 is 0. The van der Waals surface area contributed by atoms with Crippen molar-refractivity contribution in [3.8, 4) is 22.4 Å². The summed E-state index contributed by atoms with van der Waals surface area (Å²) in [6.45, 7) is 0.300. The van der Waals surface area contributed by atoms with Crippen LogP contribution in [0.5, 0.6) is 0 Å². The Kier molecular flexibility index (Phi) is 8.17. The lowest BCUT2D eigenvalue weighted by Gasteiger charge is -2.33. The summed E-state index contributed by atoms with van der Waals surface area (Å²) in [6, 6.07) is 9.40. The Bertz CT molecular complexity index is 1550. The predicted octanol–water partition coefficient (Wildman–Crippen LogP) is 2.03. The number of alkyl halides is 3. The lowest BCUT2D eigenvalue weighted by atomic mass is 10.0. The molecule has 5 rings (SSSR count). The Morgan fingerprint density at radius 3 is 2.33 bits per heavy atom. The van der Waals surface area contributed by atoms with Crippen LogP contribution in [0, 0.1) is 5.82 Å². The van der Waals surface area contributed by atoms with Gasteiger partial charge in [0.05, 0.1) is 37.3 Å². The number of sulfonamides is 1. The number of nitrogens with two attached hydrogens (primary N) is 1. The monoisotopic (exact) mass is 611 g/mol. The number of morpholine rings is 1. The smallest absolute Gasteiger partial charge is 0.436 e. The molecule has 1 aromatic heterocycles. The normalized spacial score (nSPS) is 22.3. The number of aromatic nitrogens is 2. The molecule has 11 nitrogen and oxygen atoms in total. The maximum Gasteiger partial charge on any atom is 0.490 e. The molecular formula is C26H25F4N5O6S. The first kappa shape index (κ1) is 29.8. The predicted molar refractivity (Wildman–Crippen MR) is 139 cm³/mol. The molecule has 3 unspecified atom stereocenters. The number of nitrogen functional groups attached to an aromatic ring is 1. The third-order valence-corrected chi connectivity index (χ3v) is 8.90. The maximum atomic E-state index is 16.4. The van der Waals surface area contributed by atoms with E-state index in [1.165, 1.54) is 24.3 Å². The number of aliphatic hydroxyl groups excluding tert-OH is 1. The molecule has 2 aliphatic heterocycles. The van der Waals surface area contributed by atoms with Gasteiger partial charge in [0.15, 0.2) is 12.0 Å². The molecule has 3 heterocycles. The number of nitrogens with zero attached hydrogens (tertiary/aromatic N) is 4. The lowest BCUT2D eigenvalue weighted by Crippen LogP contribution is -2.50. The van der Waals surface area contributed by atoms with Gasteiger partial charge in [-0.1, -0.05) is 36.4 Å². The van der Waals surface area contributed by atoms with Crippen LogP contribution in [0.1, 0.15) is 0 Å². The molecule has 0 spiro atoms. The molecule has 2 fully saturated rings. The number of hydrogen-bond acceptors (Lipinski definition) is 10. The van der Waals surface area contributed by atoms with E-state index in [1.54, 1.807) is 23.1 Å². The van der Waals surface area contributed by atoms with E-state index in [9.17, 15) is 31.5 Å². The van der Waals surface area contributed by atoms with Crippen molar-refractivity contribution in [3.63, 3.8) is 0 Å². The number of esters is 1. The van der Waals surface area contributed by atoms with E-state index in [2.05, 4.69) is 14.7 Å². The van der Waals surface area contributed by atoms with E-state index in [0.717, 1.165) is 12.4 Å². The minimum Gasteiger partial charge on any atom is -0.436 e. The topological polar surface area (TPSA) is 148 Å². The Morgan fingerprint density at radius 1 is 1.05 bits per heavy atom. The van der Waals surface area contributed by atoms with Crippen LogP contribution in [0.25, 0.3) is 22.4 Å². The summed E-state index contributed by atoms with van der Waals surface area (Å²) in [5.74, 6) is -3.95. The largest absolute Gasteiger partial charge is 0.490 e. The molecule has 42 heavy (non-hydrogen) atoms. The van der Waals surface area contributed by atoms with Gasteiger partial charge in [-0.3, -0.25) is 9.88 Å². The number of ether oxygens (including phenoxy) is 2. The van der Waals surface area contributed by atoms with Crippen molar-refractivity contribution in [3.05, 3.63) is 60.7 Å². The van der Waals surface area contributed by atoms with E-state index >= 15 is 4.39 Å². The molecule has 3 atom stereocenters. The first-order chi connectivity index (χ1) is 19.9. The Labute approximate surface area is 237 Å². The first-order valence-electron chi connectivity index (χ1n) is 12.6. The molecule has 0 radical (unpaired) electrons. The van der Waals surface area contributed by atoms with Gasteiger partial charge in [-0.2, -0.15) is 17.5 Å². The second-order valence-electron chi connectivity index (χ2n) is 9.57. The van der Waals surface area contributed by atoms with Gasteiger partial charge in [0.25, 0.3) is 0 Å². The van der Waals surface area contributed by atoms with Crippen molar-refractivity contribution >= 4 is 21.8 Å². The molecule has 224 valence electrons. The van der Waals surface area contributed by atoms with Crippen LogP contribution >= 0.6 is 0 Å². The quantitative estimate of drug-likeness (QED) is 0.313. The molecule has 0 saturated carbocycles. The highest BCUT2D eigenvalue weighted by Crippen LogP contribution is 2.39. The Balaban J connectivity index is 1.66. The number of halogens is 4. The van der Waals surface area contributed by atoms with E-state index in [-0.39, 0.29) is 54.5 Å². The van der Waals surface area contributed by atoms with Crippen molar-refractivity contribution in [2.75, 3.05) is 38.6 Å². The number of aliphatic hydroxyl groups is 1. The van der Waals surface area contributed by atoms with E-state index < -0.39 is 57.8 Å². The third-order valence-electron chi connectivity index (χ3n) is 7.01. The SMILES string of the molecule is Nc1cnc(-c2ccc(-c3ccccc3)c(S(=O)(=O)N3CC(N4CCOCC4)C(O)C3OC(=O)C(F)(F)F)c2F)cn1. The highest BCUT2D eigenvalue weighted by atomic mass is 32.2. The summed E-state index contributed by atoms with van der Waals surface area (Å²) in [7, 11) is -5.11. The zero-order valence-corrected chi connectivity index (χ0v) is 22.6. The van der Waals surface area contributed by atoms with Crippen LogP contribution in [0.3, 0.4) is 0 Å². The van der Waals surface area contributed by atoms with Gasteiger partial charge in [-0.25, -0.2) is 22.6 Å². The zero-order chi connectivity index (χ0) is 30.2. The van der Waals surface area contributed by atoms with Crippen LogP contribution in [0.15, 0.2) is 59.8 Å². The average molecular weight is 612 g/mol. The van der Waals surface area contributed by atoms with E-state index in [0.29, 0.717) is 4.31 Å². The zero-order valence-electron chi connectivity index (χ0n) is 21.7. The molecule has 2 saturated heterocycles. The van der Waals surface area contributed by atoms with Gasteiger partial charge in [-0.15, -0.1) is 0 Å². The summed E-state index contributed by atoms with van der Waals surface area (Å²) in [5.41, 5.74) is 5.38. The molecule has 0 amide bonds. The van der Waals surface area contributed by atoms with Crippen LogP contribution in [0.4, 0.5) is 23.4 Å². The van der Waals surface area contributed by atoms with Crippen LogP contribution < -0.4 is 5.73 Å². The number of hydrogen-bond donors (Lipinski definition) is 2. The summed E-state index contributed by atoms with van der Waals surface area (Å²) < 4.78 is 94.9. The van der Waals surface area contributed by atoms with E-state index in [4.69, 9.17) is 10.5 Å². The summed E-state index contributed by atoms with van der Waals surface area (Å²) in [5, 5.41) is 11.1. The third kappa shape index (κ3) is 5.67.